The van der Waals surface area contributed by atoms with Crippen molar-refractivity contribution in [2.45, 2.75) is 12.2 Å². The van der Waals surface area contributed by atoms with Crippen LogP contribution in [0.15, 0.2) is 71.5 Å². The third-order valence-electron chi connectivity index (χ3n) is 4.77. The summed E-state index contributed by atoms with van der Waals surface area (Å²) < 4.78 is 39.2. The zero-order chi connectivity index (χ0) is 22.9. The Labute approximate surface area is 184 Å². The predicted molar refractivity (Wildman–Crippen MR) is 117 cm³/mol. The molecule has 0 spiro atoms. The summed E-state index contributed by atoms with van der Waals surface area (Å²) in [6.07, 6.45) is -4.58. The van der Waals surface area contributed by atoms with Gasteiger partial charge in [0.1, 0.15) is 6.04 Å². The SMILES string of the molecule is O=C(Nc1cc(C(F)(F)F)ccc1Cl)C(Nc1ccc2[nH]c(=O)[nH]c2c1)c1ccccc1. The van der Waals surface area contributed by atoms with Crippen LogP contribution in [0.5, 0.6) is 0 Å². The summed E-state index contributed by atoms with van der Waals surface area (Å²) >= 11 is 6.03. The lowest BCUT2D eigenvalue weighted by Crippen LogP contribution is -2.27. The van der Waals surface area contributed by atoms with Crippen LogP contribution >= 0.6 is 11.6 Å². The van der Waals surface area contributed by atoms with Crippen LogP contribution in [0.2, 0.25) is 5.02 Å². The number of hydrogen-bond donors (Lipinski definition) is 4. The zero-order valence-corrected chi connectivity index (χ0v) is 17.0. The van der Waals surface area contributed by atoms with Gasteiger partial charge < -0.3 is 20.6 Å². The average molecular weight is 461 g/mol. The Morgan fingerprint density at radius 2 is 1.66 bits per heavy atom. The maximum Gasteiger partial charge on any atom is 0.416 e. The molecule has 32 heavy (non-hydrogen) atoms. The van der Waals surface area contributed by atoms with Gasteiger partial charge in [-0.25, -0.2) is 4.79 Å². The molecule has 0 aliphatic carbocycles. The first kappa shape index (κ1) is 21.5. The summed E-state index contributed by atoms with van der Waals surface area (Å²) in [6.45, 7) is 0. The van der Waals surface area contributed by atoms with Crippen LogP contribution in [-0.2, 0) is 11.0 Å². The van der Waals surface area contributed by atoms with E-state index < -0.39 is 23.7 Å². The minimum Gasteiger partial charge on any atom is -0.370 e. The van der Waals surface area contributed by atoms with E-state index in [0.29, 0.717) is 22.3 Å². The number of carbonyl (C=O) groups excluding carboxylic acids is 1. The summed E-state index contributed by atoms with van der Waals surface area (Å²) in [5.41, 5.74) is 0.782. The number of rotatable bonds is 5. The van der Waals surface area contributed by atoms with Crippen LogP contribution in [-0.4, -0.2) is 15.9 Å². The molecular weight excluding hydrogens is 445 g/mol. The van der Waals surface area contributed by atoms with Crippen LogP contribution in [0.1, 0.15) is 17.2 Å². The monoisotopic (exact) mass is 460 g/mol. The Kier molecular flexibility index (Phi) is 5.67. The van der Waals surface area contributed by atoms with E-state index in [1.807, 2.05) is 0 Å². The normalized spacial score (nSPS) is 12.5. The number of hydrogen-bond acceptors (Lipinski definition) is 3. The second kappa shape index (κ2) is 8.43. The maximum atomic E-state index is 13.1. The number of imidazole rings is 1. The van der Waals surface area contributed by atoms with Crippen molar-refractivity contribution in [2.24, 2.45) is 0 Å². The van der Waals surface area contributed by atoms with Crippen LogP contribution in [0.25, 0.3) is 11.0 Å². The van der Waals surface area contributed by atoms with Gasteiger partial charge >= 0.3 is 11.9 Å². The molecule has 1 aromatic heterocycles. The fraction of sp³-hybridized carbons (Fsp3) is 0.0909. The first-order valence-corrected chi connectivity index (χ1v) is 9.79. The van der Waals surface area contributed by atoms with E-state index in [1.54, 1.807) is 48.5 Å². The minimum atomic E-state index is -4.58. The van der Waals surface area contributed by atoms with Gasteiger partial charge in [-0.3, -0.25) is 4.79 Å². The number of aromatic amines is 2. The number of benzene rings is 3. The van der Waals surface area contributed by atoms with Crippen LogP contribution in [0.4, 0.5) is 24.5 Å². The fourth-order valence-electron chi connectivity index (χ4n) is 3.24. The minimum absolute atomic E-state index is 0.0236. The molecule has 4 rings (SSSR count). The Balaban J connectivity index is 1.66. The smallest absolute Gasteiger partial charge is 0.370 e. The molecule has 0 saturated carbocycles. The van der Waals surface area contributed by atoms with Crippen molar-refractivity contribution in [1.29, 1.82) is 0 Å². The Morgan fingerprint density at radius 1 is 0.938 bits per heavy atom. The third kappa shape index (κ3) is 4.62. The molecule has 1 amide bonds. The standard InChI is InChI=1S/C22H16ClF3N4O2/c23-15-8-6-13(22(24,25)26)10-17(15)28-20(31)19(12-4-2-1-3-5-12)27-14-7-9-16-18(11-14)30-21(32)29-16/h1-11,19,27H,(H,28,31)(H2,29,30,32). The molecule has 4 aromatic rings. The molecule has 0 aliphatic rings. The number of nitrogens with one attached hydrogen (secondary N) is 4. The number of amides is 1. The number of carbonyl (C=O) groups is 1. The van der Waals surface area contributed by atoms with Gasteiger partial charge in [-0.1, -0.05) is 41.9 Å². The van der Waals surface area contributed by atoms with Crippen LogP contribution in [0, 0.1) is 0 Å². The van der Waals surface area contributed by atoms with Crippen molar-refractivity contribution in [1.82, 2.24) is 9.97 Å². The summed E-state index contributed by atoms with van der Waals surface area (Å²) in [7, 11) is 0. The summed E-state index contributed by atoms with van der Waals surface area (Å²) in [5, 5.41) is 5.53. The number of anilines is 2. The second-order valence-corrected chi connectivity index (χ2v) is 7.42. The molecule has 4 N–H and O–H groups in total. The highest BCUT2D eigenvalue weighted by Gasteiger charge is 2.31. The van der Waals surface area contributed by atoms with E-state index in [4.69, 9.17) is 11.6 Å². The van der Waals surface area contributed by atoms with Gasteiger partial charge in [-0.15, -0.1) is 0 Å². The van der Waals surface area contributed by atoms with Crippen molar-refractivity contribution in [2.75, 3.05) is 10.6 Å². The van der Waals surface area contributed by atoms with Gasteiger partial charge in [0.2, 0.25) is 0 Å². The third-order valence-corrected chi connectivity index (χ3v) is 5.10. The molecule has 1 heterocycles. The van der Waals surface area contributed by atoms with Crippen molar-refractivity contribution < 1.29 is 18.0 Å². The predicted octanol–water partition coefficient (Wildman–Crippen LogP) is 5.32. The molecule has 10 heteroatoms. The molecule has 0 radical (unpaired) electrons. The van der Waals surface area contributed by atoms with E-state index in [0.717, 1.165) is 18.2 Å². The highest BCUT2D eigenvalue weighted by molar-refractivity contribution is 6.33. The van der Waals surface area contributed by atoms with Gasteiger partial charge in [-0.2, -0.15) is 13.2 Å². The van der Waals surface area contributed by atoms with Gasteiger partial charge in [-0.05, 0) is 42.0 Å². The maximum absolute atomic E-state index is 13.1. The second-order valence-electron chi connectivity index (χ2n) is 7.01. The van der Waals surface area contributed by atoms with Gasteiger partial charge in [0.15, 0.2) is 0 Å². The topological polar surface area (TPSA) is 89.8 Å². The number of halogens is 4. The first-order valence-electron chi connectivity index (χ1n) is 9.42. The highest BCUT2D eigenvalue weighted by atomic mass is 35.5. The van der Waals surface area contributed by atoms with E-state index in [1.165, 1.54) is 0 Å². The number of alkyl halides is 3. The van der Waals surface area contributed by atoms with E-state index in [2.05, 4.69) is 20.6 Å². The van der Waals surface area contributed by atoms with Crippen LogP contribution in [0.3, 0.4) is 0 Å². The number of aromatic nitrogens is 2. The molecule has 0 saturated heterocycles. The fourth-order valence-corrected chi connectivity index (χ4v) is 3.40. The van der Waals surface area contributed by atoms with E-state index >= 15 is 0 Å². The lowest BCUT2D eigenvalue weighted by atomic mass is 10.1. The Morgan fingerprint density at radius 3 is 2.38 bits per heavy atom. The van der Waals surface area contributed by atoms with Crippen molar-refractivity contribution >= 4 is 39.9 Å². The molecule has 0 aliphatic heterocycles. The first-order chi connectivity index (χ1) is 15.2. The summed E-state index contributed by atoms with van der Waals surface area (Å²) in [4.78, 5) is 29.9. The molecule has 3 aromatic carbocycles. The molecule has 164 valence electrons. The highest BCUT2D eigenvalue weighted by Crippen LogP contribution is 2.34. The Bertz CT molecular complexity index is 1330. The van der Waals surface area contributed by atoms with E-state index in [-0.39, 0.29) is 16.4 Å². The summed E-state index contributed by atoms with van der Waals surface area (Å²) in [5.74, 6) is -0.611. The largest absolute Gasteiger partial charge is 0.416 e. The molecule has 0 fully saturated rings. The van der Waals surface area contributed by atoms with Crippen molar-refractivity contribution in [3.8, 4) is 0 Å². The number of fused-ring (bicyclic) bond motifs is 1. The number of H-pyrrole nitrogens is 2. The average Bonchev–Trinajstić information content (AvgIpc) is 3.12. The Hall–Kier alpha value is -3.72. The molecule has 0 bridgehead atoms. The van der Waals surface area contributed by atoms with Crippen molar-refractivity contribution in [3.63, 3.8) is 0 Å². The zero-order valence-electron chi connectivity index (χ0n) is 16.3. The lowest BCUT2D eigenvalue weighted by molar-refractivity contribution is -0.137. The quantitative estimate of drug-likeness (QED) is 0.325. The van der Waals surface area contributed by atoms with E-state index in [9.17, 15) is 22.8 Å². The van der Waals surface area contributed by atoms with Gasteiger partial charge in [0.05, 0.1) is 27.3 Å². The van der Waals surface area contributed by atoms with Crippen molar-refractivity contribution in [3.05, 3.63) is 93.4 Å². The molecular formula is C22H16ClF3N4O2. The van der Waals surface area contributed by atoms with Gasteiger partial charge in [0, 0.05) is 5.69 Å². The molecule has 1 unspecified atom stereocenters. The molecule has 6 nitrogen and oxygen atoms in total. The lowest BCUT2D eigenvalue weighted by Gasteiger charge is -2.21. The van der Waals surface area contributed by atoms with Gasteiger partial charge in [0.25, 0.3) is 5.91 Å². The van der Waals surface area contributed by atoms with Crippen LogP contribution < -0.4 is 16.3 Å². The molecule has 1 atom stereocenters. The summed E-state index contributed by atoms with van der Waals surface area (Å²) in [6, 6.07) is 15.4.